The molecular formula is C24H24ClN3OS2. The van der Waals surface area contributed by atoms with E-state index in [2.05, 4.69) is 58.7 Å². The number of carbonyl (C=O) groups excluding carboxylic acids is 1. The molecule has 0 saturated carbocycles. The molecule has 0 saturated heterocycles. The van der Waals surface area contributed by atoms with Gasteiger partial charge >= 0.3 is 0 Å². The van der Waals surface area contributed by atoms with E-state index in [4.69, 9.17) is 4.98 Å². The summed E-state index contributed by atoms with van der Waals surface area (Å²) in [7, 11) is 0. The van der Waals surface area contributed by atoms with Crippen LogP contribution in [0.1, 0.15) is 29.3 Å². The van der Waals surface area contributed by atoms with Gasteiger partial charge in [-0.15, -0.1) is 35.1 Å². The fourth-order valence-electron chi connectivity index (χ4n) is 3.94. The van der Waals surface area contributed by atoms with Crippen molar-refractivity contribution in [2.75, 3.05) is 11.9 Å². The van der Waals surface area contributed by atoms with Crippen molar-refractivity contribution in [2.45, 2.75) is 32.9 Å². The molecule has 1 N–H and O–H groups in total. The molecule has 1 amide bonds. The minimum Gasteiger partial charge on any atom is -0.317 e. The number of aromatic nitrogens is 1. The smallest absolute Gasteiger partial charge is 0.224 e. The standard InChI is InChI=1S/C24H23N3OS2.ClH/c1-2-21(28)26-24-22(23-25-18-10-6-7-11-19(18)29-23)17-12-13-27(15-20(17)30-24)14-16-8-4-3-5-9-16;/h3-11H,2,12-15H2,1H3,(H,26,28);1H. The molecular weight excluding hydrogens is 446 g/mol. The Kier molecular flexibility index (Phi) is 6.72. The molecule has 160 valence electrons. The largest absolute Gasteiger partial charge is 0.317 e. The molecule has 0 unspecified atom stereocenters. The van der Waals surface area contributed by atoms with Crippen molar-refractivity contribution in [3.05, 3.63) is 70.6 Å². The number of rotatable bonds is 5. The van der Waals surface area contributed by atoms with E-state index in [-0.39, 0.29) is 18.3 Å². The van der Waals surface area contributed by atoms with Crippen LogP contribution >= 0.6 is 35.1 Å². The maximum atomic E-state index is 12.2. The minimum atomic E-state index is 0. The van der Waals surface area contributed by atoms with Crippen LogP contribution in [0.5, 0.6) is 0 Å². The number of thiazole rings is 1. The van der Waals surface area contributed by atoms with Gasteiger partial charge in [0.15, 0.2) is 0 Å². The van der Waals surface area contributed by atoms with E-state index >= 15 is 0 Å². The van der Waals surface area contributed by atoms with Crippen LogP contribution in [0.15, 0.2) is 54.6 Å². The molecule has 0 bridgehead atoms. The number of halogens is 1. The zero-order valence-corrected chi connectivity index (χ0v) is 19.7. The number of hydrogen-bond donors (Lipinski definition) is 1. The lowest BCUT2D eigenvalue weighted by molar-refractivity contribution is -0.115. The maximum Gasteiger partial charge on any atom is 0.224 e. The van der Waals surface area contributed by atoms with Crippen molar-refractivity contribution in [1.29, 1.82) is 0 Å². The van der Waals surface area contributed by atoms with Crippen LogP contribution < -0.4 is 5.32 Å². The predicted octanol–water partition coefficient (Wildman–Crippen LogP) is 6.35. The van der Waals surface area contributed by atoms with Crippen LogP contribution in [0.25, 0.3) is 20.8 Å². The maximum absolute atomic E-state index is 12.2. The van der Waals surface area contributed by atoms with Gasteiger partial charge in [-0.25, -0.2) is 4.98 Å². The molecule has 0 radical (unpaired) electrons. The molecule has 4 aromatic rings. The number of anilines is 1. The van der Waals surface area contributed by atoms with Crippen molar-refractivity contribution in [3.63, 3.8) is 0 Å². The summed E-state index contributed by atoms with van der Waals surface area (Å²) < 4.78 is 1.18. The quantitative estimate of drug-likeness (QED) is 0.370. The number of amides is 1. The van der Waals surface area contributed by atoms with Crippen molar-refractivity contribution in [1.82, 2.24) is 9.88 Å². The van der Waals surface area contributed by atoms with Gasteiger partial charge in [0, 0.05) is 36.5 Å². The Morgan fingerprint density at radius 2 is 1.87 bits per heavy atom. The first-order valence-electron chi connectivity index (χ1n) is 10.3. The molecule has 2 aromatic heterocycles. The summed E-state index contributed by atoms with van der Waals surface area (Å²) in [5, 5.41) is 5.11. The summed E-state index contributed by atoms with van der Waals surface area (Å²) in [6.45, 7) is 4.76. The van der Waals surface area contributed by atoms with E-state index < -0.39 is 0 Å². The summed E-state index contributed by atoms with van der Waals surface area (Å²) in [6.07, 6.45) is 1.45. The zero-order chi connectivity index (χ0) is 20.5. The first-order chi connectivity index (χ1) is 14.7. The van der Waals surface area contributed by atoms with Crippen molar-refractivity contribution >= 4 is 56.2 Å². The molecule has 1 aliphatic rings. The highest BCUT2D eigenvalue weighted by atomic mass is 35.5. The number of hydrogen-bond acceptors (Lipinski definition) is 5. The van der Waals surface area contributed by atoms with E-state index in [1.54, 1.807) is 22.7 Å². The molecule has 4 nitrogen and oxygen atoms in total. The molecule has 0 atom stereocenters. The van der Waals surface area contributed by atoms with Gasteiger partial charge in [0.1, 0.15) is 10.0 Å². The third-order valence-corrected chi connectivity index (χ3v) is 7.65. The highest BCUT2D eigenvalue weighted by Gasteiger charge is 2.27. The topological polar surface area (TPSA) is 45.2 Å². The Morgan fingerprint density at radius 3 is 2.65 bits per heavy atom. The van der Waals surface area contributed by atoms with Crippen LogP contribution in [0.4, 0.5) is 5.00 Å². The van der Waals surface area contributed by atoms with Crippen LogP contribution in [0, 0.1) is 0 Å². The van der Waals surface area contributed by atoms with Gasteiger partial charge in [0.25, 0.3) is 0 Å². The Balaban J connectivity index is 0.00000231. The second kappa shape index (κ2) is 9.49. The number of thiophene rings is 1. The van der Waals surface area contributed by atoms with Gasteiger partial charge in [-0.05, 0) is 29.7 Å². The Bertz CT molecular complexity index is 1170. The Labute approximate surface area is 196 Å². The highest BCUT2D eigenvalue weighted by Crippen LogP contribution is 2.45. The summed E-state index contributed by atoms with van der Waals surface area (Å²) in [6, 6.07) is 18.9. The first kappa shape index (κ1) is 22.0. The average molecular weight is 470 g/mol. The van der Waals surface area contributed by atoms with E-state index in [0.29, 0.717) is 6.42 Å². The van der Waals surface area contributed by atoms with Gasteiger partial charge in [-0.1, -0.05) is 49.4 Å². The molecule has 5 rings (SSSR count). The van der Waals surface area contributed by atoms with Crippen LogP contribution in [0.2, 0.25) is 0 Å². The van der Waals surface area contributed by atoms with E-state index in [0.717, 1.165) is 47.1 Å². The number of carbonyl (C=O) groups is 1. The summed E-state index contributed by atoms with van der Waals surface area (Å²) in [4.78, 5) is 21.0. The second-order valence-electron chi connectivity index (χ2n) is 7.54. The SMILES string of the molecule is CCC(=O)Nc1sc2c(c1-c1nc3ccccc3s1)CCN(Cc1ccccc1)C2.Cl. The second-order valence-corrected chi connectivity index (χ2v) is 9.68. The van der Waals surface area contributed by atoms with Gasteiger partial charge in [-0.3, -0.25) is 9.69 Å². The minimum absolute atomic E-state index is 0. The highest BCUT2D eigenvalue weighted by molar-refractivity contribution is 7.22. The van der Waals surface area contributed by atoms with Gasteiger partial charge < -0.3 is 5.32 Å². The third-order valence-electron chi connectivity index (χ3n) is 5.47. The molecule has 0 aliphatic carbocycles. The van der Waals surface area contributed by atoms with E-state index in [9.17, 15) is 4.79 Å². The van der Waals surface area contributed by atoms with E-state index in [1.165, 1.54) is 20.7 Å². The fraction of sp³-hybridized carbons (Fsp3) is 0.250. The molecule has 2 aromatic carbocycles. The summed E-state index contributed by atoms with van der Waals surface area (Å²) >= 11 is 3.43. The molecule has 0 fully saturated rings. The van der Waals surface area contributed by atoms with Crippen LogP contribution in [0.3, 0.4) is 0 Å². The fourth-order valence-corrected chi connectivity index (χ4v) is 6.36. The number of benzene rings is 2. The Hall–Kier alpha value is -2.25. The lowest BCUT2D eigenvalue weighted by Gasteiger charge is -2.27. The monoisotopic (exact) mass is 469 g/mol. The zero-order valence-electron chi connectivity index (χ0n) is 17.3. The van der Waals surface area contributed by atoms with Crippen molar-refractivity contribution in [2.24, 2.45) is 0 Å². The predicted molar refractivity (Wildman–Crippen MR) is 133 cm³/mol. The van der Waals surface area contributed by atoms with Crippen LogP contribution in [-0.4, -0.2) is 22.3 Å². The first-order valence-corrected chi connectivity index (χ1v) is 11.9. The lowest BCUT2D eigenvalue weighted by atomic mass is 10.0. The van der Waals surface area contributed by atoms with Gasteiger partial charge in [0.05, 0.1) is 10.2 Å². The van der Waals surface area contributed by atoms with E-state index in [1.807, 2.05) is 13.0 Å². The number of nitrogens with zero attached hydrogens (tertiary/aromatic N) is 2. The number of nitrogens with one attached hydrogen (secondary N) is 1. The van der Waals surface area contributed by atoms with Gasteiger partial charge in [0.2, 0.25) is 5.91 Å². The number of para-hydroxylation sites is 1. The molecule has 7 heteroatoms. The Morgan fingerprint density at radius 1 is 1.10 bits per heavy atom. The third kappa shape index (κ3) is 4.53. The van der Waals surface area contributed by atoms with Crippen molar-refractivity contribution < 1.29 is 4.79 Å². The van der Waals surface area contributed by atoms with Crippen LogP contribution in [-0.2, 0) is 24.3 Å². The average Bonchev–Trinajstić information content (AvgIpc) is 3.34. The normalized spacial score (nSPS) is 13.6. The lowest BCUT2D eigenvalue weighted by Crippen LogP contribution is -2.29. The molecule has 0 spiro atoms. The molecule has 3 heterocycles. The molecule has 31 heavy (non-hydrogen) atoms. The molecule has 1 aliphatic heterocycles. The van der Waals surface area contributed by atoms with Gasteiger partial charge in [-0.2, -0.15) is 0 Å². The summed E-state index contributed by atoms with van der Waals surface area (Å²) in [5.41, 5.74) is 4.85. The van der Waals surface area contributed by atoms with Crippen molar-refractivity contribution in [3.8, 4) is 10.6 Å². The summed E-state index contributed by atoms with van der Waals surface area (Å²) in [5.74, 6) is 0.0529. The number of fused-ring (bicyclic) bond motifs is 2.